The van der Waals surface area contributed by atoms with Crippen LogP contribution in [0.1, 0.15) is 24.4 Å². The summed E-state index contributed by atoms with van der Waals surface area (Å²) in [6.07, 6.45) is 3.73. The first-order valence-corrected chi connectivity index (χ1v) is 7.38. The number of hydrogen-bond acceptors (Lipinski definition) is 4. The zero-order valence-electron chi connectivity index (χ0n) is 12.7. The molecule has 2 aromatic heterocycles. The highest BCUT2D eigenvalue weighted by Gasteiger charge is 2.14. The minimum atomic E-state index is -0.241. The van der Waals surface area contributed by atoms with E-state index in [1.807, 2.05) is 49.4 Å². The number of amides is 1. The Labute approximate surface area is 134 Å². The number of benzene rings is 1. The molecular formula is C17H17N5O. The van der Waals surface area contributed by atoms with E-state index in [4.69, 9.17) is 0 Å². The molecule has 0 saturated carbocycles. The summed E-state index contributed by atoms with van der Waals surface area (Å²) in [5, 5.41) is 9.99. The number of H-pyrrole nitrogens is 1. The lowest BCUT2D eigenvalue weighted by Gasteiger charge is -2.10. The maximum atomic E-state index is 12.1. The fraction of sp³-hybridized carbons (Fsp3) is 0.176. The van der Waals surface area contributed by atoms with E-state index in [0.29, 0.717) is 18.1 Å². The third kappa shape index (κ3) is 3.79. The molecule has 0 spiro atoms. The highest BCUT2D eigenvalue weighted by molar-refractivity contribution is 5.78. The predicted molar refractivity (Wildman–Crippen MR) is 86.3 cm³/mol. The molecule has 1 atom stereocenters. The van der Waals surface area contributed by atoms with Gasteiger partial charge in [-0.3, -0.25) is 14.9 Å². The molecule has 0 bridgehead atoms. The molecule has 6 heteroatoms. The highest BCUT2D eigenvalue weighted by atomic mass is 16.1. The molecule has 1 aromatic carbocycles. The molecule has 6 nitrogen and oxygen atoms in total. The maximum Gasteiger partial charge on any atom is 0.224 e. The van der Waals surface area contributed by atoms with Gasteiger partial charge in [0.05, 0.1) is 12.5 Å². The molecule has 2 N–H and O–H groups in total. The number of aromatic nitrogens is 4. The van der Waals surface area contributed by atoms with Gasteiger partial charge in [-0.05, 0) is 24.6 Å². The smallest absolute Gasteiger partial charge is 0.224 e. The molecule has 0 saturated heterocycles. The Bertz CT molecular complexity index is 770. The fourth-order valence-corrected chi connectivity index (χ4v) is 2.24. The number of nitrogens with one attached hydrogen (secondary N) is 2. The largest absolute Gasteiger partial charge is 0.346 e. The minimum Gasteiger partial charge on any atom is -0.346 e. The van der Waals surface area contributed by atoms with Crippen LogP contribution in [-0.2, 0) is 11.2 Å². The zero-order chi connectivity index (χ0) is 16.1. The first-order chi connectivity index (χ1) is 11.2. The van der Waals surface area contributed by atoms with Crippen molar-refractivity contribution in [2.75, 3.05) is 0 Å². The zero-order valence-corrected chi connectivity index (χ0v) is 12.7. The Morgan fingerprint density at radius 1 is 1.17 bits per heavy atom. The van der Waals surface area contributed by atoms with Crippen LogP contribution in [0.4, 0.5) is 0 Å². The van der Waals surface area contributed by atoms with Gasteiger partial charge in [-0.1, -0.05) is 30.3 Å². The summed E-state index contributed by atoms with van der Waals surface area (Å²) in [6.45, 7) is 1.87. The van der Waals surface area contributed by atoms with E-state index < -0.39 is 0 Å². The van der Waals surface area contributed by atoms with Crippen molar-refractivity contribution in [3.63, 3.8) is 0 Å². The number of carbonyl (C=O) groups excluding carboxylic acids is 1. The average Bonchev–Trinajstić information content (AvgIpc) is 3.06. The predicted octanol–water partition coefficient (Wildman–Crippen LogP) is 2.29. The second-order valence-corrected chi connectivity index (χ2v) is 5.23. The number of aromatic amines is 1. The molecular weight excluding hydrogens is 290 g/mol. The van der Waals surface area contributed by atoms with E-state index in [0.717, 1.165) is 11.1 Å². The second-order valence-electron chi connectivity index (χ2n) is 5.23. The van der Waals surface area contributed by atoms with Crippen molar-refractivity contribution in [3.05, 3.63) is 66.2 Å². The van der Waals surface area contributed by atoms with Crippen LogP contribution in [0.3, 0.4) is 0 Å². The molecule has 1 amide bonds. The molecule has 116 valence electrons. The summed E-state index contributed by atoms with van der Waals surface area (Å²) in [7, 11) is 0. The second kappa shape index (κ2) is 6.83. The number of hydrogen-bond donors (Lipinski definition) is 2. The lowest BCUT2D eigenvalue weighted by Crippen LogP contribution is -2.28. The standard InChI is InChI=1S/C17H17N5O/c1-12(19-15(23)11-13-5-3-2-4-6-13)16-20-17(22-21-16)14-7-9-18-10-8-14/h2-10,12H,11H2,1H3,(H,19,23)(H,20,21,22). The summed E-state index contributed by atoms with van der Waals surface area (Å²) in [4.78, 5) is 20.5. The SMILES string of the molecule is CC(NC(=O)Cc1ccccc1)c1nc(-c2ccncc2)n[nH]1. The van der Waals surface area contributed by atoms with Gasteiger partial charge in [-0.2, -0.15) is 5.10 Å². The number of carbonyl (C=O) groups is 1. The molecule has 1 unspecified atom stereocenters. The van der Waals surface area contributed by atoms with Gasteiger partial charge in [-0.15, -0.1) is 0 Å². The topological polar surface area (TPSA) is 83.6 Å². The summed E-state index contributed by atoms with van der Waals surface area (Å²) < 4.78 is 0. The van der Waals surface area contributed by atoms with Gasteiger partial charge in [0, 0.05) is 18.0 Å². The summed E-state index contributed by atoms with van der Waals surface area (Å²) in [5.41, 5.74) is 1.86. The Balaban J connectivity index is 1.63. The number of rotatable bonds is 5. The summed E-state index contributed by atoms with van der Waals surface area (Å²) in [6, 6.07) is 13.1. The normalized spacial score (nSPS) is 11.9. The van der Waals surface area contributed by atoms with Crippen LogP contribution < -0.4 is 5.32 Å². The van der Waals surface area contributed by atoms with Gasteiger partial charge in [-0.25, -0.2) is 4.98 Å². The van der Waals surface area contributed by atoms with E-state index in [1.54, 1.807) is 12.4 Å². The van der Waals surface area contributed by atoms with Crippen molar-refractivity contribution in [1.82, 2.24) is 25.5 Å². The Kier molecular flexibility index (Phi) is 4.42. The molecule has 0 radical (unpaired) electrons. The van der Waals surface area contributed by atoms with Crippen LogP contribution in [0, 0.1) is 0 Å². The van der Waals surface area contributed by atoms with Crippen molar-refractivity contribution < 1.29 is 4.79 Å². The number of pyridine rings is 1. The maximum absolute atomic E-state index is 12.1. The average molecular weight is 307 g/mol. The molecule has 3 aromatic rings. The fourth-order valence-electron chi connectivity index (χ4n) is 2.24. The monoisotopic (exact) mass is 307 g/mol. The molecule has 0 fully saturated rings. The van der Waals surface area contributed by atoms with Crippen LogP contribution in [0.25, 0.3) is 11.4 Å². The van der Waals surface area contributed by atoms with Gasteiger partial charge in [0.1, 0.15) is 5.82 Å². The lowest BCUT2D eigenvalue weighted by atomic mass is 10.1. The van der Waals surface area contributed by atoms with Crippen LogP contribution >= 0.6 is 0 Å². The summed E-state index contributed by atoms with van der Waals surface area (Å²) >= 11 is 0. The van der Waals surface area contributed by atoms with Crippen molar-refractivity contribution in [3.8, 4) is 11.4 Å². The lowest BCUT2D eigenvalue weighted by molar-refractivity contribution is -0.121. The Morgan fingerprint density at radius 2 is 1.91 bits per heavy atom. The molecule has 23 heavy (non-hydrogen) atoms. The third-order valence-corrected chi connectivity index (χ3v) is 3.44. The quantitative estimate of drug-likeness (QED) is 0.757. The Hall–Kier alpha value is -3.02. The van der Waals surface area contributed by atoms with Gasteiger partial charge < -0.3 is 5.32 Å². The van der Waals surface area contributed by atoms with Gasteiger partial charge in [0.2, 0.25) is 5.91 Å². The van der Waals surface area contributed by atoms with E-state index in [2.05, 4.69) is 25.5 Å². The molecule has 0 aliphatic rings. The van der Waals surface area contributed by atoms with Crippen LogP contribution in [0.15, 0.2) is 54.9 Å². The first kappa shape index (κ1) is 14.9. The highest BCUT2D eigenvalue weighted by Crippen LogP contribution is 2.15. The molecule has 0 aliphatic carbocycles. The van der Waals surface area contributed by atoms with Gasteiger partial charge >= 0.3 is 0 Å². The van der Waals surface area contributed by atoms with E-state index >= 15 is 0 Å². The van der Waals surface area contributed by atoms with Crippen molar-refractivity contribution in [2.45, 2.75) is 19.4 Å². The van der Waals surface area contributed by atoms with E-state index in [-0.39, 0.29) is 11.9 Å². The van der Waals surface area contributed by atoms with E-state index in [9.17, 15) is 4.79 Å². The number of nitrogens with zero attached hydrogens (tertiary/aromatic N) is 3. The molecule has 3 rings (SSSR count). The van der Waals surface area contributed by atoms with Crippen molar-refractivity contribution in [2.24, 2.45) is 0 Å². The minimum absolute atomic E-state index is 0.0504. The first-order valence-electron chi connectivity index (χ1n) is 7.38. The summed E-state index contributed by atoms with van der Waals surface area (Å²) in [5.74, 6) is 1.16. The van der Waals surface area contributed by atoms with Crippen LogP contribution in [0.2, 0.25) is 0 Å². The molecule has 2 heterocycles. The van der Waals surface area contributed by atoms with Crippen LogP contribution in [-0.4, -0.2) is 26.1 Å². The van der Waals surface area contributed by atoms with Gasteiger partial charge in [0.15, 0.2) is 5.82 Å². The Morgan fingerprint density at radius 3 is 2.65 bits per heavy atom. The van der Waals surface area contributed by atoms with Crippen LogP contribution in [0.5, 0.6) is 0 Å². The van der Waals surface area contributed by atoms with Crippen molar-refractivity contribution >= 4 is 5.91 Å². The van der Waals surface area contributed by atoms with Crippen molar-refractivity contribution in [1.29, 1.82) is 0 Å². The molecule has 0 aliphatic heterocycles. The van der Waals surface area contributed by atoms with Gasteiger partial charge in [0.25, 0.3) is 0 Å². The van der Waals surface area contributed by atoms with E-state index in [1.165, 1.54) is 0 Å². The third-order valence-electron chi connectivity index (χ3n) is 3.44.